The first-order chi connectivity index (χ1) is 16.9. The normalized spacial score (nSPS) is 15.3. The molecule has 0 aromatic carbocycles. The molecular formula is C15H18F17NO5S. The summed E-state index contributed by atoms with van der Waals surface area (Å²) >= 11 is 0. The zero-order valence-electron chi connectivity index (χ0n) is 18.7. The van der Waals surface area contributed by atoms with Crippen LogP contribution in [0.3, 0.4) is 0 Å². The molecule has 0 aromatic heterocycles. The van der Waals surface area contributed by atoms with E-state index in [1.54, 1.807) is 0 Å². The number of aliphatic hydroxyl groups excluding tert-OH is 3. The summed E-state index contributed by atoms with van der Waals surface area (Å²) in [4.78, 5) is 0. The van der Waals surface area contributed by atoms with E-state index in [1.165, 1.54) is 0 Å². The second-order valence-corrected chi connectivity index (χ2v) is 9.02. The summed E-state index contributed by atoms with van der Waals surface area (Å²) in [6, 6.07) is 0. The Kier molecular flexibility index (Phi) is 12.5. The van der Waals surface area contributed by atoms with Gasteiger partial charge < -0.3 is 15.3 Å². The quantitative estimate of drug-likeness (QED) is 0.263. The Bertz CT molecular complexity index is 883. The summed E-state index contributed by atoms with van der Waals surface area (Å²) in [6.45, 7) is -3.73. The van der Waals surface area contributed by atoms with Crippen molar-refractivity contribution in [3.63, 3.8) is 0 Å². The van der Waals surface area contributed by atoms with Crippen molar-refractivity contribution in [2.24, 2.45) is 0 Å². The van der Waals surface area contributed by atoms with E-state index in [4.69, 9.17) is 15.3 Å². The van der Waals surface area contributed by atoms with Gasteiger partial charge in [-0.3, -0.25) is 0 Å². The number of nitrogens with zero attached hydrogens (tertiary/aromatic N) is 1. The molecule has 0 radical (unpaired) electrons. The topological polar surface area (TPSA) is 98.1 Å². The molecule has 0 aliphatic heterocycles. The third-order valence-corrected chi connectivity index (χ3v) is 6.23. The van der Waals surface area contributed by atoms with Gasteiger partial charge >= 0.3 is 47.0 Å². The van der Waals surface area contributed by atoms with E-state index in [0.717, 1.165) is 6.92 Å². The maximum Gasteiger partial charge on any atom is 0.460 e. The first-order valence-electron chi connectivity index (χ1n) is 9.47. The fraction of sp³-hybridized carbons (Fsp3) is 1.00. The summed E-state index contributed by atoms with van der Waals surface area (Å²) in [5.74, 6) is -51.8. The second-order valence-electron chi connectivity index (χ2n) is 7.04. The highest BCUT2D eigenvalue weighted by atomic mass is 32.2. The number of hydrogen-bond donors (Lipinski definition) is 3. The molecule has 0 amide bonds. The first kappa shape index (κ1) is 39.7. The van der Waals surface area contributed by atoms with Crippen LogP contribution >= 0.6 is 0 Å². The van der Waals surface area contributed by atoms with Crippen LogP contribution in [0.15, 0.2) is 0 Å². The van der Waals surface area contributed by atoms with Crippen LogP contribution in [-0.2, 0) is 10.0 Å². The Labute approximate surface area is 207 Å². The third kappa shape index (κ3) is 6.27. The van der Waals surface area contributed by atoms with E-state index in [9.17, 15) is 83.1 Å². The SMILES string of the molecule is CCCN(CCO)S(=O)(=O)C(F)(F)C(F)(F)C(F)(F)C(F)(F)C(F)(F)C(F)(F)C(F)(F)C(F)(F)F.OCCO. The van der Waals surface area contributed by atoms with Crippen LogP contribution < -0.4 is 0 Å². The average molecular weight is 647 g/mol. The summed E-state index contributed by atoms with van der Waals surface area (Å²) in [6.07, 6.45) is -8.49. The number of hydrogen-bond acceptors (Lipinski definition) is 5. The summed E-state index contributed by atoms with van der Waals surface area (Å²) in [5, 5.41) is 16.2. The van der Waals surface area contributed by atoms with Crippen LogP contribution in [0, 0.1) is 0 Å². The number of halogens is 17. The fourth-order valence-electron chi connectivity index (χ4n) is 2.19. The molecule has 0 spiro atoms. The summed E-state index contributed by atoms with van der Waals surface area (Å²) in [7, 11) is -7.34. The van der Waals surface area contributed by atoms with E-state index in [2.05, 4.69) is 0 Å². The standard InChI is InChI=1S/C13H12F17NO3S.C2H6O2/c1-2-3-31(4-5-32)35(33,34)13(29,30)11(24,25)9(20,21)7(16,17)6(14,15)8(18,19)10(22,23)12(26,27)28;3-1-2-4/h32H,2-5H2,1H3;3-4H,1-2H2. The highest BCUT2D eigenvalue weighted by molar-refractivity contribution is 7.90. The first-order valence-corrected chi connectivity index (χ1v) is 10.9. The van der Waals surface area contributed by atoms with E-state index < -0.39 is 87.4 Å². The second kappa shape index (κ2) is 12.2. The predicted molar refractivity (Wildman–Crippen MR) is 92.7 cm³/mol. The molecule has 238 valence electrons. The Hall–Kier alpha value is -1.40. The predicted octanol–water partition coefficient (Wildman–Crippen LogP) is 3.96. The number of sulfonamides is 1. The average Bonchev–Trinajstić information content (AvgIpc) is 2.77. The molecule has 0 atom stereocenters. The van der Waals surface area contributed by atoms with E-state index in [-0.39, 0.29) is 13.2 Å². The van der Waals surface area contributed by atoms with Gasteiger partial charge in [-0.05, 0) is 6.42 Å². The smallest absolute Gasteiger partial charge is 0.395 e. The molecular weight excluding hydrogens is 629 g/mol. The zero-order valence-corrected chi connectivity index (χ0v) is 19.5. The Morgan fingerprint density at radius 1 is 0.513 bits per heavy atom. The van der Waals surface area contributed by atoms with E-state index in [0.29, 0.717) is 0 Å². The lowest BCUT2D eigenvalue weighted by atomic mass is 9.91. The molecule has 6 nitrogen and oxygen atoms in total. The minimum Gasteiger partial charge on any atom is -0.395 e. The monoisotopic (exact) mass is 647 g/mol. The molecule has 0 unspecified atom stereocenters. The van der Waals surface area contributed by atoms with Gasteiger partial charge in [0.2, 0.25) is 0 Å². The molecule has 0 fully saturated rings. The van der Waals surface area contributed by atoms with Crippen molar-refractivity contribution >= 4 is 10.0 Å². The Morgan fingerprint density at radius 3 is 1.08 bits per heavy atom. The molecule has 0 aromatic rings. The number of alkyl halides is 17. The van der Waals surface area contributed by atoms with Crippen LogP contribution in [0.25, 0.3) is 0 Å². The zero-order chi connectivity index (χ0) is 32.3. The van der Waals surface area contributed by atoms with Crippen molar-refractivity contribution in [3.05, 3.63) is 0 Å². The highest BCUT2D eigenvalue weighted by Gasteiger charge is 2.96. The largest absolute Gasteiger partial charge is 0.460 e. The Morgan fingerprint density at radius 2 is 0.821 bits per heavy atom. The highest BCUT2D eigenvalue weighted by Crippen LogP contribution is 2.64. The van der Waals surface area contributed by atoms with Crippen LogP contribution in [0.4, 0.5) is 74.6 Å². The maximum atomic E-state index is 14.0. The Balaban J connectivity index is 0. The van der Waals surface area contributed by atoms with Gasteiger partial charge in [0.05, 0.1) is 19.8 Å². The molecule has 39 heavy (non-hydrogen) atoms. The molecule has 0 bridgehead atoms. The molecule has 0 aliphatic carbocycles. The van der Waals surface area contributed by atoms with Crippen molar-refractivity contribution < 1.29 is 98.4 Å². The lowest BCUT2D eigenvalue weighted by Crippen LogP contribution is -2.75. The van der Waals surface area contributed by atoms with Crippen molar-refractivity contribution in [1.82, 2.24) is 4.31 Å². The number of aliphatic hydroxyl groups is 3. The third-order valence-electron chi connectivity index (χ3n) is 4.28. The maximum absolute atomic E-state index is 14.0. The lowest BCUT2D eigenvalue weighted by molar-refractivity contribution is -0.458. The van der Waals surface area contributed by atoms with Crippen molar-refractivity contribution in [1.29, 1.82) is 0 Å². The molecule has 0 saturated heterocycles. The molecule has 0 aliphatic rings. The van der Waals surface area contributed by atoms with Crippen LogP contribution in [0.1, 0.15) is 13.3 Å². The number of rotatable bonds is 13. The molecule has 24 heteroatoms. The van der Waals surface area contributed by atoms with Gasteiger partial charge in [0.15, 0.2) is 0 Å². The van der Waals surface area contributed by atoms with Crippen LogP contribution in [-0.4, -0.2) is 108 Å². The molecule has 0 saturated carbocycles. The van der Waals surface area contributed by atoms with Gasteiger partial charge in [-0.25, -0.2) is 8.42 Å². The van der Waals surface area contributed by atoms with Gasteiger partial charge in [-0.2, -0.15) is 78.9 Å². The molecule has 0 rings (SSSR count). The molecule has 3 N–H and O–H groups in total. The lowest BCUT2D eigenvalue weighted by Gasteiger charge is -2.43. The van der Waals surface area contributed by atoms with Gasteiger partial charge in [-0.15, -0.1) is 0 Å². The fourth-order valence-corrected chi connectivity index (χ4v) is 3.71. The van der Waals surface area contributed by atoms with Crippen LogP contribution in [0.5, 0.6) is 0 Å². The van der Waals surface area contributed by atoms with Crippen LogP contribution in [0.2, 0.25) is 0 Å². The van der Waals surface area contributed by atoms with Crippen molar-refractivity contribution in [2.75, 3.05) is 32.9 Å². The van der Waals surface area contributed by atoms with Gasteiger partial charge in [0, 0.05) is 13.1 Å². The van der Waals surface area contributed by atoms with Gasteiger partial charge in [0.25, 0.3) is 10.0 Å². The van der Waals surface area contributed by atoms with Crippen molar-refractivity contribution in [3.8, 4) is 0 Å². The minimum atomic E-state index is -8.87. The van der Waals surface area contributed by atoms with Gasteiger partial charge in [-0.1, -0.05) is 6.92 Å². The summed E-state index contributed by atoms with van der Waals surface area (Å²) in [5.41, 5.74) is 0. The van der Waals surface area contributed by atoms with Gasteiger partial charge in [0.1, 0.15) is 0 Å². The van der Waals surface area contributed by atoms with Crippen molar-refractivity contribution in [2.45, 2.75) is 60.3 Å². The summed E-state index contributed by atoms with van der Waals surface area (Å²) < 4.78 is 247. The molecule has 0 heterocycles. The van der Waals surface area contributed by atoms with E-state index >= 15 is 0 Å². The van der Waals surface area contributed by atoms with E-state index in [1.807, 2.05) is 0 Å². The minimum absolute atomic E-state index is 0.125.